The molecule has 3 heterocycles. The second-order valence-electron chi connectivity index (χ2n) is 7.18. The first-order valence-corrected chi connectivity index (χ1v) is 11.2. The Morgan fingerprint density at radius 2 is 1.84 bits per heavy atom. The number of hydrogen-bond donors (Lipinski definition) is 0. The Balaban J connectivity index is 1.38. The number of thioether (sulfide) groups is 1. The van der Waals surface area contributed by atoms with Crippen LogP contribution in [0.25, 0.3) is 17.4 Å². The molecule has 2 amide bonds. The number of furan rings is 1. The van der Waals surface area contributed by atoms with Gasteiger partial charge in [0.1, 0.15) is 11.5 Å². The molecule has 32 heavy (non-hydrogen) atoms. The highest BCUT2D eigenvalue weighted by atomic mass is 35.5. The minimum Gasteiger partial charge on any atom is -0.457 e. The maximum Gasteiger partial charge on any atom is 0.293 e. The molecule has 0 N–H and O–H groups in total. The molecule has 2 aliphatic rings. The Hall–Kier alpha value is -2.87. The first-order valence-electron chi connectivity index (χ1n) is 9.59. The van der Waals surface area contributed by atoms with Gasteiger partial charge in [-0.2, -0.15) is 0 Å². The van der Waals surface area contributed by atoms with Crippen molar-refractivity contribution in [2.75, 3.05) is 6.79 Å². The summed E-state index contributed by atoms with van der Waals surface area (Å²) < 4.78 is 16.5. The standard InChI is InChI=1S/C23H15Cl2NO5S/c1-12-15(3-2-4-16(12)24)18-6-5-14(31-18)8-21-22(27)26(23(28)32-21)10-13-7-19-20(9-17(13)25)30-11-29-19/h2-9H,10-11H2,1H3/b21-8+. The number of ether oxygens (including phenoxy) is 2. The second-order valence-corrected chi connectivity index (χ2v) is 8.99. The number of hydrogen-bond acceptors (Lipinski definition) is 6. The predicted octanol–water partition coefficient (Wildman–Crippen LogP) is 6.53. The van der Waals surface area contributed by atoms with Gasteiger partial charge in [-0.1, -0.05) is 35.3 Å². The topological polar surface area (TPSA) is 69.0 Å². The average molecular weight is 488 g/mol. The molecule has 2 aromatic carbocycles. The van der Waals surface area contributed by atoms with E-state index in [4.69, 9.17) is 37.1 Å². The van der Waals surface area contributed by atoms with Crippen molar-refractivity contribution in [3.63, 3.8) is 0 Å². The number of fused-ring (bicyclic) bond motifs is 1. The van der Waals surface area contributed by atoms with Crippen LogP contribution in [0.4, 0.5) is 4.79 Å². The largest absolute Gasteiger partial charge is 0.457 e. The molecule has 0 unspecified atom stereocenters. The van der Waals surface area contributed by atoms with E-state index in [1.807, 2.05) is 25.1 Å². The minimum atomic E-state index is -0.411. The number of imide groups is 1. The fourth-order valence-electron chi connectivity index (χ4n) is 3.47. The molecule has 0 atom stereocenters. The van der Waals surface area contributed by atoms with E-state index in [0.717, 1.165) is 27.8 Å². The summed E-state index contributed by atoms with van der Waals surface area (Å²) in [5, 5.41) is 0.654. The molecular formula is C23H15Cl2NO5S. The summed E-state index contributed by atoms with van der Waals surface area (Å²) in [6, 6.07) is 12.4. The first-order chi connectivity index (χ1) is 15.4. The molecule has 9 heteroatoms. The lowest BCUT2D eigenvalue weighted by molar-refractivity contribution is -0.123. The van der Waals surface area contributed by atoms with Gasteiger partial charge in [0.05, 0.1) is 11.4 Å². The zero-order valence-electron chi connectivity index (χ0n) is 16.7. The highest BCUT2D eigenvalue weighted by Crippen LogP contribution is 2.40. The van der Waals surface area contributed by atoms with Crippen molar-refractivity contribution in [1.29, 1.82) is 0 Å². The van der Waals surface area contributed by atoms with Crippen LogP contribution in [0.15, 0.2) is 51.8 Å². The number of nitrogens with zero attached hydrogens (tertiary/aromatic N) is 1. The second kappa shape index (κ2) is 8.24. The van der Waals surface area contributed by atoms with Gasteiger partial charge in [0.15, 0.2) is 11.5 Å². The first kappa shape index (κ1) is 21.0. The van der Waals surface area contributed by atoms with E-state index in [1.54, 1.807) is 30.3 Å². The van der Waals surface area contributed by atoms with Gasteiger partial charge in [-0.3, -0.25) is 14.5 Å². The minimum absolute atomic E-state index is 0.0304. The van der Waals surface area contributed by atoms with Gasteiger partial charge in [0, 0.05) is 27.8 Å². The molecule has 162 valence electrons. The van der Waals surface area contributed by atoms with Crippen LogP contribution in [0.5, 0.6) is 11.5 Å². The summed E-state index contributed by atoms with van der Waals surface area (Å²) in [5.41, 5.74) is 2.36. The predicted molar refractivity (Wildman–Crippen MR) is 123 cm³/mol. The van der Waals surface area contributed by atoms with Crippen LogP contribution in [0.3, 0.4) is 0 Å². The van der Waals surface area contributed by atoms with E-state index in [9.17, 15) is 9.59 Å². The van der Waals surface area contributed by atoms with E-state index < -0.39 is 5.91 Å². The van der Waals surface area contributed by atoms with Crippen molar-refractivity contribution in [3.05, 3.63) is 74.3 Å². The van der Waals surface area contributed by atoms with Crippen LogP contribution in [0.2, 0.25) is 10.0 Å². The lowest BCUT2D eigenvalue weighted by Gasteiger charge is -2.14. The molecule has 0 saturated carbocycles. The van der Waals surface area contributed by atoms with Gasteiger partial charge < -0.3 is 13.9 Å². The fraction of sp³-hybridized carbons (Fsp3) is 0.130. The number of benzene rings is 2. The van der Waals surface area contributed by atoms with Crippen LogP contribution in [0, 0.1) is 6.92 Å². The van der Waals surface area contributed by atoms with Gasteiger partial charge in [0.2, 0.25) is 6.79 Å². The summed E-state index contributed by atoms with van der Waals surface area (Å²) in [6.07, 6.45) is 1.57. The van der Waals surface area contributed by atoms with Crippen molar-refractivity contribution in [3.8, 4) is 22.8 Å². The lowest BCUT2D eigenvalue weighted by Crippen LogP contribution is -2.27. The van der Waals surface area contributed by atoms with Gasteiger partial charge >= 0.3 is 0 Å². The molecule has 5 rings (SSSR count). The highest BCUT2D eigenvalue weighted by molar-refractivity contribution is 8.18. The Kier molecular flexibility index (Phi) is 5.41. The molecule has 2 aliphatic heterocycles. The molecular weight excluding hydrogens is 473 g/mol. The average Bonchev–Trinajstić information content (AvgIpc) is 3.47. The molecule has 1 saturated heterocycles. The molecule has 1 fully saturated rings. The fourth-order valence-corrected chi connectivity index (χ4v) is 4.67. The van der Waals surface area contributed by atoms with E-state index in [0.29, 0.717) is 38.6 Å². The number of halogens is 2. The monoisotopic (exact) mass is 487 g/mol. The Morgan fingerprint density at radius 1 is 1.06 bits per heavy atom. The van der Waals surface area contributed by atoms with Crippen LogP contribution in [-0.2, 0) is 11.3 Å². The maximum atomic E-state index is 12.9. The maximum absolute atomic E-state index is 12.9. The van der Waals surface area contributed by atoms with Crippen molar-refractivity contribution in [2.24, 2.45) is 0 Å². The molecule has 6 nitrogen and oxygen atoms in total. The lowest BCUT2D eigenvalue weighted by atomic mass is 10.1. The Bertz CT molecular complexity index is 1300. The summed E-state index contributed by atoms with van der Waals surface area (Å²) in [5.74, 6) is 1.75. The van der Waals surface area contributed by atoms with Crippen molar-refractivity contribution in [2.45, 2.75) is 13.5 Å². The van der Waals surface area contributed by atoms with Crippen LogP contribution < -0.4 is 9.47 Å². The Morgan fingerprint density at radius 3 is 2.66 bits per heavy atom. The number of rotatable bonds is 4. The third kappa shape index (κ3) is 3.77. The molecule has 0 bridgehead atoms. The normalized spacial score (nSPS) is 16.5. The van der Waals surface area contributed by atoms with Gasteiger partial charge in [-0.25, -0.2) is 0 Å². The van der Waals surface area contributed by atoms with Crippen LogP contribution in [-0.4, -0.2) is 22.8 Å². The highest BCUT2D eigenvalue weighted by Gasteiger charge is 2.36. The van der Waals surface area contributed by atoms with Crippen molar-refractivity contribution in [1.82, 2.24) is 4.90 Å². The Labute approximate surface area is 197 Å². The van der Waals surface area contributed by atoms with Crippen molar-refractivity contribution < 1.29 is 23.5 Å². The van der Waals surface area contributed by atoms with E-state index in [1.165, 1.54) is 0 Å². The van der Waals surface area contributed by atoms with E-state index in [-0.39, 0.29) is 23.5 Å². The number of amides is 2. The smallest absolute Gasteiger partial charge is 0.293 e. The summed E-state index contributed by atoms with van der Waals surface area (Å²) in [4.78, 5) is 26.8. The summed E-state index contributed by atoms with van der Waals surface area (Å²) in [7, 11) is 0. The zero-order chi connectivity index (χ0) is 22.4. The summed E-state index contributed by atoms with van der Waals surface area (Å²) in [6.45, 7) is 2.05. The molecule has 3 aromatic rings. The van der Waals surface area contributed by atoms with E-state index in [2.05, 4.69) is 0 Å². The number of carbonyl (C=O) groups excluding carboxylic acids is 2. The summed E-state index contributed by atoms with van der Waals surface area (Å²) >= 11 is 13.4. The molecule has 1 aromatic heterocycles. The van der Waals surface area contributed by atoms with Crippen LogP contribution in [0.1, 0.15) is 16.9 Å². The third-order valence-corrected chi connectivity index (χ3v) is 6.85. The van der Waals surface area contributed by atoms with Gasteiger partial charge in [-0.05, 0) is 54.1 Å². The molecule has 0 aliphatic carbocycles. The van der Waals surface area contributed by atoms with Crippen molar-refractivity contribution >= 4 is 52.2 Å². The van der Waals surface area contributed by atoms with Gasteiger partial charge in [0.25, 0.3) is 11.1 Å². The van der Waals surface area contributed by atoms with Crippen LogP contribution >= 0.6 is 35.0 Å². The molecule has 0 radical (unpaired) electrons. The quantitative estimate of drug-likeness (QED) is 0.389. The van der Waals surface area contributed by atoms with E-state index >= 15 is 0 Å². The number of carbonyl (C=O) groups is 2. The third-order valence-electron chi connectivity index (χ3n) is 5.18. The SMILES string of the molecule is Cc1c(Cl)cccc1-c1ccc(/C=C2/SC(=O)N(Cc3cc4c(cc3Cl)OCO4)C2=O)o1. The zero-order valence-corrected chi connectivity index (χ0v) is 19.0. The molecule has 0 spiro atoms. The van der Waals surface area contributed by atoms with Gasteiger partial charge in [-0.15, -0.1) is 0 Å².